The number of halogens is 1. The van der Waals surface area contributed by atoms with E-state index in [0.29, 0.717) is 24.3 Å². The first-order chi connectivity index (χ1) is 9.78. The minimum Gasteiger partial charge on any atom is -0.354 e. The van der Waals surface area contributed by atoms with E-state index in [1.54, 1.807) is 12.3 Å². The average Bonchev–Trinajstić information content (AvgIpc) is 3.30. The van der Waals surface area contributed by atoms with Gasteiger partial charge in [-0.05, 0) is 37.7 Å². The molecule has 1 aromatic rings. The van der Waals surface area contributed by atoms with Gasteiger partial charge in [-0.1, -0.05) is 13.3 Å². The van der Waals surface area contributed by atoms with Crippen molar-refractivity contribution in [2.45, 2.75) is 51.6 Å². The van der Waals surface area contributed by atoms with E-state index in [1.807, 2.05) is 0 Å². The van der Waals surface area contributed by atoms with Crippen LogP contribution in [0.3, 0.4) is 0 Å². The minimum absolute atomic E-state index is 0.127. The maximum absolute atomic E-state index is 14.6. The monoisotopic (exact) mass is 277 g/mol. The van der Waals surface area contributed by atoms with Crippen molar-refractivity contribution in [3.8, 4) is 0 Å². The lowest BCUT2D eigenvalue weighted by Gasteiger charge is -2.33. The third kappa shape index (κ3) is 3.11. The molecule has 1 atom stereocenters. The van der Waals surface area contributed by atoms with E-state index in [9.17, 15) is 4.39 Å². The Morgan fingerprint density at radius 1 is 1.40 bits per heavy atom. The summed E-state index contributed by atoms with van der Waals surface area (Å²) in [5.74, 6) is 1.11. The molecule has 4 heteroatoms. The van der Waals surface area contributed by atoms with E-state index in [1.165, 1.54) is 25.7 Å². The van der Waals surface area contributed by atoms with Crippen LogP contribution in [0.5, 0.6) is 0 Å². The molecule has 1 saturated heterocycles. The summed E-state index contributed by atoms with van der Waals surface area (Å²) in [5, 5.41) is 3.38. The van der Waals surface area contributed by atoms with E-state index in [0.717, 1.165) is 25.1 Å². The molecule has 0 bridgehead atoms. The molecule has 2 heterocycles. The summed E-state index contributed by atoms with van der Waals surface area (Å²) in [6, 6.07) is 2.40. The van der Waals surface area contributed by atoms with Crippen LogP contribution in [0, 0.1) is 11.7 Å². The van der Waals surface area contributed by atoms with Crippen LogP contribution in [0.2, 0.25) is 0 Å². The molecule has 3 rings (SSSR count). The zero-order valence-corrected chi connectivity index (χ0v) is 12.2. The average molecular weight is 277 g/mol. The highest BCUT2D eigenvalue weighted by molar-refractivity contribution is 5.43. The lowest BCUT2D eigenvalue weighted by Crippen LogP contribution is -2.36. The normalized spacial score (nSPS) is 23.1. The summed E-state index contributed by atoms with van der Waals surface area (Å²) in [7, 11) is 0. The van der Waals surface area contributed by atoms with Crippen LogP contribution < -0.4 is 10.2 Å². The molecule has 1 aromatic heterocycles. The number of piperidine rings is 1. The third-order valence-corrected chi connectivity index (χ3v) is 4.51. The Bertz CT molecular complexity index is 459. The smallest absolute Gasteiger partial charge is 0.170 e. The van der Waals surface area contributed by atoms with Crippen LogP contribution in [-0.2, 0) is 6.54 Å². The molecule has 1 N–H and O–H groups in total. The van der Waals surface area contributed by atoms with Crippen molar-refractivity contribution >= 4 is 5.82 Å². The van der Waals surface area contributed by atoms with E-state index >= 15 is 0 Å². The van der Waals surface area contributed by atoms with Gasteiger partial charge >= 0.3 is 0 Å². The first kappa shape index (κ1) is 13.8. The highest BCUT2D eigenvalue weighted by atomic mass is 19.1. The van der Waals surface area contributed by atoms with Crippen LogP contribution in [0.1, 0.15) is 44.6 Å². The van der Waals surface area contributed by atoms with Crippen LogP contribution >= 0.6 is 0 Å². The molecule has 1 saturated carbocycles. The number of hydrogen-bond acceptors (Lipinski definition) is 3. The molecule has 2 fully saturated rings. The van der Waals surface area contributed by atoms with Gasteiger partial charge in [-0.25, -0.2) is 9.37 Å². The summed E-state index contributed by atoms with van der Waals surface area (Å²) in [5.41, 5.74) is 0.750. The Kier molecular flexibility index (Phi) is 4.20. The van der Waals surface area contributed by atoms with Crippen molar-refractivity contribution < 1.29 is 4.39 Å². The predicted octanol–water partition coefficient (Wildman–Crippen LogP) is 3.10. The van der Waals surface area contributed by atoms with Crippen LogP contribution in [-0.4, -0.2) is 24.1 Å². The number of aromatic nitrogens is 1. The summed E-state index contributed by atoms with van der Waals surface area (Å²) in [4.78, 5) is 6.43. The molecule has 0 spiro atoms. The van der Waals surface area contributed by atoms with Crippen LogP contribution in [0.4, 0.5) is 10.2 Å². The lowest BCUT2D eigenvalue weighted by molar-refractivity contribution is 0.399. The molecular formula is C16H24FN3. The molecule has 0 amide bonds. The van der Waals surface area contributed by atoms with Gasteiger partial charge in [0.15, 0.2) is 11.6 Å². The van der Waals surface area contributed by atoms with Crippen LogP contribution in [0.15, 0.2) is 12.3 Å². The molecule has 0 aromatic carbocycles. The number of anilines is 1. The summed E-state index contributed by atoms with van der Waals surface area (Å²) in [6.07, 6.45) is 7.77. The maximum Gasteiger partial charge on any atom is 0.170 e. The van der Waals surface area contributed by atoms with Crippen molar-refractivity contribution in [2.24, 2.45) is 5.92 Å². The van der Waals surface area contributed by atoms with Gasteiger partial charge in [0, 0.05) is 37.4 Å². The summed E-state index contributed by atoms with van der Waals surface area (Å²) in [6.45, 7) is 4.71. The third-order valence-electron chi connectivity index (χ3n) is 4.51. The number of nitrogens with zero attached hydrogens (tertiary/aromatic N) is 2. The Hall–Kier alpha value is -1.16. The van der Waals surface area contributed by atoms with Gasteiger partial charge in [-0.3, -0.25) is 0 Å². The Morgan fingerprint density at radius 2 is 2.25 bits per heavy atom. The second-order valence-electron chi connectivity index (χ2n) is 6.13. The van der Waals surface area contributed by atoms with Gasteiger partial charge < -0.3 is 10.2 Å². The second kappa shape index (κ2) is 6.08. The SMILES string of the molecule is CCC1CCCN(c2nccc(CNC3CC3)c2F)C1. The Labute approximate surface area is 120 Å². The predicted molar refractivity (Wildman–Crippen MR) is 79.3 cm³/mol. The van der Waals surface area contributed by atoms with Gasteiger partial charge in [0.05, 0.1) is 0 Å². The fourth-order valence-electron chi connectivity index (χ4n) is 2.96. The second-order valence-corrected chi connectivity index (χ2v) is 6.13. The summed E-state index contributed by atoms with van der Waals surface area (Å²) < 4.78 is 14.6. The largest absolute Gasteiger partial charge is 0.354 e. The van der Waals surface area contributed by atoms with Crippen molar-refractivity contribution in [3.63, 3.8) is 0 Å². The minimum atomic E-state index is -0.127. The highest BCUT2D eigenvalue weighted by Crippen LogP contribution is 2.27. The summed E-state index contributed by atoms with van der Waals surface area (Å²) >= 11 is 0. The van der Waals surface area contributed by atoms with Crippen LogP contribution in [0.25, 0.3) is 0 Å². The Balaban J connectivity index is 1.72. The quantitative estimate of drug-likeness (QED) is 0.896. The van der Waals surface area contributed by atoms with Gasteiger partial charge in [0.2, 0.25) is 0 Å². The van der Waals surface area contributed by atoms with Crippen molar-refractivity contribution in [1.29, 1.82) is 0 Å². The van der Waals surface area contributed by atoms with Gasteiger partial charge in [-0.2, -0.15) is 0 Å². The molecule has 3 nitrogen and oxygen atoms in total. The number of hydrogen-bond donors (Lipinski definition) is 1. The van der Waals surface area contributed by atoms with Crippen molar-refractivity contribution in [2.75, 3.05) is 18.0 Å². The van der Waals surface area contributed by atoms with Crippen molar-refractivity contribution in [3.05, 3.63) is 23.6 Å². The molecule has 0 radical (unpaired) electrons. The molecule has 1 aliphatic heterocycles. The maximum atomic E-state index is 14.6. The van der Waals surface area contributed by atoms with E-state index in [4.69, 9.17) is 0 Å². The van der Waals surface area contributed by atoms with Gasteiger partial charge in [0.1, 0.15) is 0 Å². The molecule has 1 unspecified atom stereocenters. The van der Waals surface area contributed by atoms with E-state index in [-0.39, 0.29) is 5.82 Å². The standard InChI is InChI=1S/C16H24FN3/c1-2-12-4-3-9-20(11-12)16-15(17)13(7-8-18-16)10-19-14-5-6-14/h7-8,12,14,19H,2-6,9-11H2,1H3. The Morgan fingerprint density at radius 3 is 3.00 bits per heavy atom. The van der Waals surface area contributed by atoms with Gasteiger partial charge in [0.25, 0.3) is 0 Å². The number of nitrogens with one attached hydrogen (secondary N) is 1. The van der Waals surface area contributed by atoms with Crippen molar-refractivity contribution in [1.82, 2.24) is 10.3 Å². The van der Waals surface area contributed by atoms with E-state index in [2.05, 4.69) is 22.1 Å². The van der Waals surface area contributed by atoms with Gasteiger partial charge in [-0.15, -0.1) is 0 Å². The number of rotatable bonds is 5. The zero-order chi connectivity index (χ0) is 13.9. The fraction of sp³-hybridized carbons (Fsp3) is 0.688. The zero-order valence-electron chi connectivity index (χ0n) is 12.2. The molecule has 2 aliphatic rings. The topological polar surface area (TPSA) is 28.2 Å². The number of pyridine rings is 1. The highest BCUT2D eigenvalue weighted by Gasteiger charge is 2.24. The molecule has 20 heavy (non-hydrogen) atoms. The fourth-order valence-corrected chi connectivity index (χ4v) is 2.96. The first-order valence-corrected chi connectivity index (χ1v) is 7.89. The molecule has 110 valence electrons. The molecule has 1 aliphatic carbocycles. The lowest BCUT2D eigenvalue weighted by atomic mass is 9.95. The first-order valence-electron chi connectivity index (χ1n) is 7.89. The van der Waals surface area contributed by atoms with E-state index < -0.39 is 0 Å². The molecular weight excluding hydrogens is 253 g/mol.